The van der Waals surface area contributed by atoms with E-state index in [1.54, 1.807) is 36.4 Å². The van der Waals surface area contributed by atoms with E-state index in [2.05, 4.69) is 5.32 Å². The van der Waals surface area contributed by atoms with Crippen molar-refractivity contribution in [1.29, 1.82) is 0 Å². The van der Waals surface area contributed by atoms with Crippen LogP contribution in [0, 0.1) is 6.92 Å². The van der Waals surface area contributed by atoms with Crippen LogP contribution in [0.2, 0.25) is 5.02 Å². The highest BCUT2D eigenvalue weighted by Crippen LogP contribution is 2.37. The van der Waals surface area contributed by atoms with E-state index < -0.39 is 0 Å². The molecule has 156 valence electrons. The molecule has 0 aromatic heterocycles. The predicted molar refractivity (Wildman–Crippen MR) is 119 cm³/mol. The topological polar surface area (TPSA) is 56.8 Å². The van der Waals surface area contributed by atoms with Gasteiger partial charge < -0.3 is 19.5 Å². The Kier molecular flexibility index (Phi) is 7.20. The number of rotatable bonds is 8. The highest BCUT2D eigenvalue weighted by atomic mass is 35.5. The van der Waals surface area contributed by atoms with Gasteiger partial charge >= 0.3 is 0 Å². The van der Waals surface area contributed by atoms with Crippen LogP contribution in [0.3, 0.4) is 0 Å². The highest BCUT2D eigenvalue weighted by Gasteiger charge is 2.16. The third-order valence-corrected chi connectivity index (χ3v) is 4.51. The molecule has 0 fully saturated rings. The zero-order valence-corrected chi connectivity index (χ0v) is 18.0. The molecule has 3 rings (SSSR count). The van der Waals surface area contributed by atoms with Crippen LogP contribution in [0.1, 0.15) is 29.8 Å². The molecule has 0 aliphatic rings. The molecule has 0 heterocycles. The molecule has 0 radical (unpaired) electrons. The van der Waals surface area contributed by atoms with Gasteiger partial charge in [0.15, 0.2) is 11.5 Å². The average molecular weight is 426 g/mol. The van der Waals surface area contributed by atoms with Gasteiger partial charge in [-0.3, -0.25) is 4.79 Å². The van der Waals surface area contributed by atoms with E-state index in [0.717, 1.165) is 5.75 Å². The number of ether oxygens (including phenoxy) is 3. The Morgan fingerprint density at radius 3 is 2.10 bits per heavy atom. The smallest absolute Gasteiger partial charge is 0.255 e. The third-order valence-electron chi connectivity index (χ3n) is 4.23. The molecule has 3 aromatic rings. The van der Waals surface area contributed by atoms with Crippen LogP contribution in [-0.2, 0) is 0 Å². The summed E-state index contributed by atoms with van der Waals surface area (Å²) in [4.78, 5) is 12.7. The Balaban J connectivity index is 1.71. The second kappa shape index (κ2) is 10.0. The lowest BCUT2D eigenvalue weighted by Gasteiger charge is -2.14. The van der Waals surface area contributed by atoms with Crippen LogP contribution in [0.25, 0.3) is 0 Å². The summed E-state index contributed by atoms with van der Waals surface area (Å²) in [7, 11) is 0. The minimum Gasteiger partial charge on any atom is -0.490 e. The summed E-state index contributed by atoms with van der Waals surface area (Å²) in [6, 6.07) is 18.2. The molecule has 0 atom stereocenters. The van der Waals surface area contributed by atoms with Gasteiger partial charge in [-0.25, -0.2) is 0 Å². The third kappa shape index (κ3) is 5.45. The molecule has 30 heavy (non-hydrogen) atoms. The first kappa shape index (κ1) is 21.5. The highest BCUT2D eigenvalue weighted by molar-refractivity contribution is 6.32. The molecule has 3 aromatic carbocycles. The minimum atomic E-state index is -0.298. The Labute approximate surface area is 181 Å². The zero-order valence-electron chi connectivity index (χ0n) is 17.2. The summed E-state index contributed by atoms with van der Waals surface area (Å²) < 4.78 is 16.9. The van der Waals surface area contributed by atoms with Gasteiger partial charge in [0.1, 0.15) is 11.5 Å². The van der Waals surface area contributed by atoms with Crippen LogP contribution in [0.4, 0.5) is 5.69 Å². The zero-order chi connectivity index (χ0) is 21.5. The van der Waals surface area contributed by atoms with Crippen molar-refractivity contribution < 1.29 is 19.0 Å². The van der Waals surface area contributed by atoms with Gasteiger partial charge in [0.05, 0.1) is 18.2 Å². The summed E-state index contributed by atoms with van der Waals surface area (Å²) in [5.41, 5.74) is 2.19. The molecule has 5 nitrogen and oxygen atoms in total. The molecule has 0 aliphatic carbocycles. The molecule has 0 unspecified atom stereocenters. The van der Waals surface area contributed by atoms with Gasteiger partial charge in [0.2, 0.25) is 0 Å². The van der Waals surface area contributed by atoms with Gasteiger partial charge in [-0.2, -0.15) is 0 Å². The molecule has 0 saturated carbocycles. The number of amides is 1. The summed E-state index contributed by atoms with van der Waals surface area (Å²) in [5.74, 6) is 2.02. The van der Waals surface area contributed by atoms with Crippen LogP contribution in [0.5, 0.6) is 23.0 Å². The molecule has 0 spiro atoms. The number of anilines is 1. The van der Waals surface area contributed by atoms with E-state index in [0.29, 0.717) is 46.7 Å². The molecule has 0 bridgehead atoms. The maximum Gasteiger partial charge on any atom is 0.255 e. The fourth-order valence-electron chi connectivity index (χ4n) is 2.80. The largest absolute Gasteiger partial charge is 0.490 e. The molecular weight excluding hydrogens is 402 g/mol. The monoisotopic (exact) mass is 425 g/mol. The van der Waals surface area contributed by atoms with E-state index in [4.69, 9.17) is 25.8 Å². The molecule has 0 aliphatic heterocycles. The summed E-state index contributed by atoms with van der Waals surface area (Å²) >= 11 is 6.30. The first-order valence-corrected chi connectivity index (χ1v) is 10.1. The van der Waals surface area contributed by atoms with E-state index >= 15 is 0 Å². The quantitative estimate of drug-likeness (QED) is 0.448. The Hall–Kier alpha value is -3.18. The maximum absolute atomic E-state index is 12.7. The number of benzene rings is 3. The maximum atomic E-state index is 12.7. The predicted octanol–water partition coefficient (Wildman–Crippen LogP) is 6.49. The standard InChI is InChI=1S/C24H24ClNO4/c1-4-28-22-15-17(14-21(25)23(22)29-5-2)24(27)26-18-8-12-20(13-9-18)30-19-10-6-16(3)7-11-19/h6-15H,4-5H2,1-3H3,(H,26,27). The summed E-state index contributed by atoms with van der Waals surface area (Å²) in [6.45, 7) is 6.62. The second-order valence-electron chi connectivity index (χ2n) is 6.54. The van der Waals surface area contributed by atoms with E-state index in [1.165, 1.54) is 5.56 Å². The van der Waals surface area contributed by atoms with Crippen molar-refractivity contribution in [1.82, 2.24) is 0 Å². The van der Waals surface area contributed by atoms with Crippen molar-refractivity contribution in [2.24, 2.45) is 0 Å². The summed E-state index contributed by atoms with van der Waals surface area (Å²) in [5, 5.41) is 3.18. The minimum absolute atomic E-state index is 0.298. The normalized spacial score (nSPS) is 10.4. The first-order chi connectivity index (χ1) is 14.5. The van der Waals surface area contributed by atoms with Crippen molar-refractivity contribution in [2.45, 2.75) is 20.8 Å². The lowest BCUT2D eigenvalue weighted by Crippen LogP contribution is -2.12. The number of aryl methyl sites for hydroxylation is 1. The average Bonchev–Trinajstić information content (AvgIpc) is 2.73. The van der Waals surface area contributed by atoms with E-state index in [-0.39, 0.29) is 5.91 Å². The van der Waals surface area contributed by atoms with Crippen molar-refractivity contribution in [3.8, 4) is 23.0 Å². The SMILES string of the molecule is CCOc1cc(C(=O)Nc2ccc(Oc3ccc(C)cc3)cc2)cc(Cl)c1OCC. The van der Waals surface area contributed by atoms with Gasteiger partial charge in [0.25, 0.3) is 5.91 Å². The van der Waals surface area contributed by atoms with Crippen LogP contribution < -0.4 is 19.5 Å². The lowest BCUT2D eigenvalue weighted by molar-refractivity contribution is 0.102. The molecule has 1 N–H and O–H groups in total. The van der Waals surface area contributed by atoms with Crippen molar-refractivity contribution in [3.63, 3.8) is 0 Å². The van der Waals surface area contributed by atoms with Gasteiger partial charge in [-0.1, -0.05) is 29.3 Å². The van der Waals surface area contributed by atoms with Crippen LogP contribution >= 0.6 is 11.6 Å². The molecule has 6 heteroatoms. The molecule has 0 saturated heterocycles. The van der Waals surface area contributed by atoms with Crippen molar-refractivity contribution in [2.75, 3.05) is 18.5 Å². The second-order valence-corrected chi connectivity index (χ2v) is 6.95. The fraction of sp³-hybridized carbons (Fsp3) is 0.208. The van der Waals surface area contributed by atoms with E-state index in [9.17, 15) is 4.79 Å². The fourth-order valence-corrected chi connectivity index (χ4v) is 3.06. The van der Waals surface area contributed by atoms with Crippen molar-refractivity contribution >= 4 is 23.2 Å². The number of carbonyl (C=O) groups excluding carboxylic acids is 1. The Morgan fingerprint density at radius 2 is 1.50 bits per heavy atom. The molecule has 1 amide bonds. The van der Waals surface area contributed by atoms with Gasteiger partial charge in [-0.15, -0.1) is 0 Å². The summed E-state index contributed by atoms with van der Waals surface area (Å²) in [6.07, 6.45) is 0. The number of halogens is 1. The van der Waals surface area contributed by atoms with E-state index in [1.807, 2.05) is 45.0 Å². The lowest BCUT2D eigenvalue weighted by atomic mass is 10.1. The number of hydrogen-bond acceptors (Lipinski definition) is 4. The van der Waals surface area contributed by atoms with Gasteiger partial charge in [-0.05, 0) is 69.3 Å². The van der Waals surface area contributed by atoms with Crippen LogP contribution in [-0.4, -0.2) is 19.1 Å². The van der Waals surface area contributed by atoms with Gasteiger partial charge in [0, 0.05) is 11.3 Å². The van der Waals surface area contributed by atoms with Crippen LogP contribution in [0.15, 0.2) is 60.7 Å². The van der Waals surface area contributed by atoms with Crippen molar-refractivity contribution in [3.05, 3.63) is 76.8 Å². The number of hydrogen-bond donors (Lipinski definition) is 1. The first-order valence-electron chi connectivity index (χ1n) is 9.75. The Morgan fingerprint density at radius 1 is 0.900 bits per heavy atom. The Bertz CT molecular complexity index is 1000. The number of nitrogens with one attached hydrogen (secondary N) is 1. The number of carbonyl (C=O) groups is 1. The molecular formula is C24H24ClNO4.